The molecule has 4 nitrogen and oxygen atoms in total. The highest BCUT2D eigenvalue weighted by Gasteiger charge is 2.27. The lowest BCUT2D eigenvalue weighted by molar-refractivity contribution is -0.113. The maximum absolute atomic E-state index is 11.7. The fourth-order valence-electron chi connectivity index (χ4n) is 1.59. The molecule has 0 saturated heterocycles. The number of carbonyl (C=O) groups excluding carboxylic acids is 2. The van der Waals surface area contributed by atoms with Gasteiger partial charge in [-0.05, 0) is 13.3 Å². The van der Waals surface area contributed by atoms with Gasteiger partial charge in [0.05, 0.1) is 12.4 Å². The molecule has 0 aromatic carbocycles. The second-order valence-electron chi connectivity index (χ2n) is 3.86. The first-order chi connectivity index (χ1) is 8.10. The number of ether oxygens (including phenoxy) is 1. The molecule has 0 aromatic heterocycles. The van der Waals surface area contributed by atoms with Crippen molar-refractivity contribution in [2.24, 2.45) is 0 Å². The van der Waals surface area contributed by atoms with Crippen molar-refractivity contribution in [2.75, 3.05) is 19.0 Å². The summed E-state index contributed by atoms with van der Waals surface area (Å²) in [6.07, 6.45) is 3.56. The van der Waals surface area contributed by atoms with Gasteiger partial charge in [-0.1, -0.05) is 18.7 Å². The Labute approximate surface area is 106 Å². The van der Waals surface area contributed by atoms with Gasteiger partial charge in [0.25, 0.3) is 0 Å². The molecule has 0 N–H and O–H groups in total. The Morgan fingerprint density at radius 1 is 1.71 bits per heavy atom. The van der Waals surface area contributed by atoms with Crippen LogP contribution in [0.5, 0.6) is 0 Å². The van der Waals surface area contributed by atoms with Crippen LogP contribution in [0.3, 0.4) is 0 Å². The number of hydrogen-bond donors (Lipinski definition) is 0. The lowest BCUT2D eigenvalue weighted by Gasteiger charge is -2.31. The number of ketones is 1. The van der Waals surface area contributed by atoms with Crippen molar-refractivity contribution < 1.29 is 14.3 Å². The topological polar surface area (TPSA) is 46.6 Å². The molecule has 0 spiro atoms. The standard InChI is InChI=1S/C12H16ClNO3/c1-3-6-17-12(16)14-8-10(11(15)7-13)5-4-9(14)2/h3,5,9H,1,4,6-8H2,2H3. The summed E-state index contributed by atoms with van der Waals surface area (Å²) < 4.78 is 4.96. The lowest BCUT2D eigenvalue weighted by Crippen LogP contribution is -2.43. The van der Waals surface area contributed by atoms with Gasteiger partial charge in [-0.15, -0.1) is 11.6 Å². The quantitative estimate of drug-likeness (QED) is 0.573. The summed E-state index contributed by atoms with van der Waals surface area (Å²) in [6, 6.07) is 0.0270. The van der Waals surface area contributed by atoms with Gasteiger partial charge in [0.1, 0.15) is 6.61 Å². The van der Waals surface area contributed by atoms with E-state index in [0.717, 1.165) is 0 Å². The molecule has 0 fully saturated rings. The van der Waals surface area contributed by atoms with Crippen LogP contribution in [0.1, 0.15) is 13.3 Å². The van der Waals surface area contributed by atoms with Gasteiger partial charge >= 0.3 is 6.09 Å². The SMILES string of the molecule is C=CCOC(=O)N1CC(C(=O)CCl)=CCC1C. The van der Waals surface area contributed by atoms with Gasteiger partial charge in [0, 0.05) is 11.6 Å². The van der Waals surface area contributed by atoms with Crippen LogP contribution in [0.25, 0.3) is 0 Å². The molecule has 1 unspecified atom stereocenters. The summed E-state index contributed by atoms with van der Waals surface area (Å²) in [7, 11) is 0. The molecule has 1 amide bonds. The minimum absolute atomic E-state index is 0.0270. The molecule has 1 atom stereocenters. The number of rotatable bonds is 4. The molecule has 17 heavy (non-hydrogen) atoms. The summed E-state index contributed by atoms with van der Waals surface area (Å²) in [5, 5.41) is 0. The number of carbonyl (C=O) groups is 2. The highest BCUT2D eigenvalue weighted by atomic mass is 35.5. The zero-order chi connectivity index (χ0) is 12.8. The van der Waals surface area contributed by atoms with Crippen LogP contribution in [-0.4, -0.2) is 41.8 Å². The molecule has 5 heteroatoms. The van der Waals surface area contributed by atoms with Gasteiger partial charge in [0.15, 0.2) is 5.78 Å². The van der Waals surface area contributed by atoms with Crippen molar-refractivity contribution in [3.8, 4) is 0 Å². The third kappa shape index (κ3) is 3.60. The van der Waals surface area contributed by atoms with E-state index in [-0.39, 0.29) is 30.9 Å². The number of nitrogens with zero attached hydrogens (tertiary/aromatic N) is 1. The highest BCUT2D eigenvalue weighted by Crippen LogP contribution is 2.18. The summed E-state index contributed by atoms with van der Waals surface area (Å²) >= 11 is 5.49. The van der Waals surface area contributed by atoms with Crippen LogP contribution in [0.15, 0.2) is 24.3 Å². The monoisotopic (exact) mass is 257 g/mol. The third-order valence-corrected chi connectivity index (χ3v) is 2.86. The minimum atomic E-state index is -0.426. The van der Waals surface area contributed by atoms with E-state index in [1.807, 2.05) is 13.0 Å². The Kier molecular flexibility index (Phi) is 5.22. The first kappa shape index (κ1) is 13.8. The van der Waals surface area contributed by atoms with Crippen LogP contribution in [0.2, 0.25) is 0 Å². The molecule has 1 heterocycles. The van der Waals surface area contributed by atoms with Gasteiger partial charge in [-0.3, -0.25) is 4.79 Å². The van der Waals surface area contributed by atoms with Crippen molar-refractivity contribution in [1.82, 2.24) is 4.90 Å². The predicted molar refractivity (Wildman–Crippen MR) is 66.1 cm³/mol. The van der Waals surface area contributed by atoms with Crippen LogP contribution >= 0.6 is 11.6 Å². The van der Waals surface area contributed by atoms with Crippen molar-refractivity contribution >= 4 is 23.5 Å². The van der Waals surface area contributed by atoms with Crippen molar-refractivity contribution in [2.45, 2.75) is 19.4 Å². The minimum Gasteiger partial charge on any atom is -0.445 e. The van der Waals surface area contributed by atoms with Gasteiger partial charge in [0.2, 0.25) is 0 Å². The molecule has 1 aliphatic heterocycles. The summed E-state index contributed by atoms with van der Waals surface area (Å²) in [6.45, 7) is 5.82. The zero-order valence-corrected chi connectivity index (χ0v) is 10.6. The van der Waals surface area contributed by atoms with E-state index in [4.69, 9.17) is 16.3 Å². The van der Waals surface area contributed by atoms with Crippen LogP contribution in [-0.2, 0) is 9.53 Å². The smallest absolute Gasteiger partial charge is 0.410 e. The van der Waals surface area contributed by atoms with E-state index in [1.54, 1.807) is 0 Å². The number of alkyl halides is 1. The Morgan fingerprint density at radius 3 is 3.00 bits per heavy atom. The van der Waals surface area contributed by atoms with E-state index in [2.05, 4.69) is 6.58 Å². The van der Waals surface area contributed by atoms with Crippen LogP contribution in [0, 0.1) is 0 Å². The van der Waals surface area contributed by atoms with Crippen molar-refractivity contribution in [1.29, 1.82) is 0 Å². The second-order valence-corrected chi connectivity index (χ2v) is 4.13. The normalized spacial score (nSPS) is 19.5. The lowest BCUT2D eigenvalue weighted by atomic mass is 10.0. The maximum Gasteiger partial charge on any atom is 0.410 e. The molecular formula is C12H16ClNO3. The predicted octanol–water partition coefficient (Wildman–Crippen LogP) is 2.14. The molecular weight excluding hydrogens is 242 g/mol. The molecule has 1 aliphatic rings. The molecule has 94 valence electrons. The van der Waals surface area contributed by atoms with E-state index >= 15 is 0 Å². The van der Waals surface area contributed by atoms with E-state index in [0.29, 0.717) is 12.0 Å². The number of halogens is 1. The molecule has 0 aromatic rings. The first-order valence-corrected chi connectivity index (χ1v) is 5.96. The Morgan fingerprint density at radius 2 is 2.41 bits per heavy atom. The Balaban J connectivity index is 2.67. The first-order valence-electron chi connectivity index (χ1n) is 5.42. The molecule has 0 bridgehead atoms. The van der Waals surface area contributed by atoms with E-state index < -0.39 is 6.09 Å². The number of amides is 1. The third-order valence-electron chi connectivity index (χ3n) is 2.62. The van der Waals surface area contributed by atoms with Crippen LogP contribution in [0.4, 0.5) is 4.79 Å². The van der Waals surface area contributed by atoms with Gasteiger partial charge < -0.3 is 9.64 Å². The zero-order valence-electron chi connectivity index (χ0n) is 9.82. The van der Waals surface area contributed by atoms with Crippen molar-refractivity contribution in [3.05, 3.63) is 24.3 Å². The fourth-order valence-corrected chi connectivity index (χ4v) is 1.76. The number of Topliss-reactive ketones (excluding diaryl/α,β-unsaturated/α-hetero) is 1. The fraction of sp³-hybridized carbons (Fsp3) is 0.500. The van der Waals surface area contributed by atoms with Gasteiger partial charge in [-0.2, -0.15) is 0 Å². The van der Waals surface area contributed by atoms with E-state index in [1.165, 1.54) is 11.0 Å². The largest absolute Gasteiger partial charge is 0.445 e. The molecule has 1 rings (SSSR count). The highest BCUT2D eigenvalue weighted by molar-refractivity contribution is 6.30. The summed E-state index contributed by atoms with van der Waals surface area (Å²) in [4.78, 5) is 24.7. The number of hydrogen-bond acceptors (Lipinski definition) is 3. The average Bonchev–Trinajstić information content (AvgIpc) is 2.35. The second kappa shape index (κ2) is 6.45. The Hall–Kier alpha value is -1.29. The average molecular weight is 258 g/mol. The summed E-state index contributed by atoms with van der Waals surface area (Å²) in [5.41, 5.74) is 0.577. The molecule has 0 aliphatic carbocycles. The van der Waals surface area contributed by atoms with Crippen molar-refractivity contribution in [3.63, 3.8) is 0 Å². The van der Waals surface area contributed by atoms with Crippen LogP contribution < -0.4 is 0 Å². The maximum atomic E-state index is 11.7. The Bertz CT molecular complexity index is 352. The molecule has 0 saturated carbocycles. The molecule has 0 radical (unpaired) electrons. The summed E-state index contributed by atoms with van der Waals surface area (Å²) in [5.74, 6) is -0.199. The van der Waals surface area contributed by atoms with E-state index in [9.17, 15) is 9.59 Å². The van der Waals surface area contributed by atoms with Gasteiger partial charge in [-0.25, -0.2) is 4.79 Å².